The zero-order valence-electron chi connectivity index (χ0n) is 7.71. The second-order valence-corrected chi connectivity index (χ2v) is 4.25. The summed E-state index contributed by atoms with van der Waals surface area (Å²) in [7, 11) is 0. The van der Waals surface area contributed by atoms with Crippen LogP contribution in [0.2, 0.25) is 5.02 Å². The first-order chi connectivity index (χ1) is 6.68. The predicted molar refractivity (Wildman–Crippen MR) is 53.7 cm³/mol. The lowest BCUT2D eigenvalue weighted by Crippen LogP contribution is -2.01. The maximum absolute atomic E-state index is 13.4. The standard InChI is InChI=1S/C11H12ClFO/c12-9-3-1-2-8(11(9)13)10(14)6-7-4-5-7/h1-3,7,10,14H,4-6H2. The van der Waals surface area contributed by atoms with Gasteiger partial charge in [0, 0.05) is 5.56 Å². The zero-order valence-corrected chi connectivity index (χ0v) is 8.47. The molecule has 0 spiro atoms. The van der Waals surface area contributed by atoms with Crippen molar-refractivity contribution in [1.29, 1.82) is 0 Å². The summed E-state index contributed by atoms with van der Waals surface area (Å²) in [5, 5.41) is 9.82. The molecule has 1 aliphatic carbocycles. The summed E-state index contributed by atoms with van der Waals surface area (Å²) in [4.78, 5) is 0. The monoisotopic (exact) mass is 214 g/mol. The smallest absolute Gasteiger partial charge is 0.147 e. The SMILES string of the molecule is OC(CC1CC1)c1cccc(Cl)c1F. The van der Waals surface area contributed by atoms with Crippen LogP contribution in [0, 0.1) is 11.7 Å². The van der Waals surface area contributed by atoms with Crippen LogP contribution in [0.15, 0.2) is 18.2 Å². The third-order valence-electron chi connectivity index (χ3n) is 2.59. The highest BCUT2D eigenvalue weighted by atomic mass is 35.5. The predicted octanol–water partition coefficient (Wildman–Crippen LogP) is 3.31. The Labute approximate surface area is 87.5 Å². The van der Waals surface area contributed by atoms with Gasteiger partial charge in [-0.25, -0.2) is 4.39 Å². The fourth-order valence-corrected chi connectivity index (χ4v) is 1.76. The molecule has 1 aromatic rings. The van der Waals surface area contributed by atoms with Gasteiger partial charge in [0.25, 0.3) is 0 Å². The zero-order chi connectivity index (χ0) is 10.1. The van der Waals surface area contributed by atoms with E-state index in [1.54, 1.807) is 12.1 Å². The van der Waals surface area contributed by atoms with Gasteiger partial charge in [-0.1, -0.05) is 36.6 Å². The fraction of sp³-hybridized carbons (Fsp3) is 0.455. The van der Waals surface area contributed by atoms with Crippen LogP contribution in [0.3, 0.4) is 0 Å². The molecular weight excluding hydrogens is 203 g/mol. The summed E-state index contributed by atoms with van der Waals surface area (Å²) >= 11 is 5.62. The van der Waals surface area contributed by atoms with E-state index in [1.807, 2.05) is 0 Å². The normalized spacial score (nSPS) is 18.2. The maximum atomic E-state index is 13.4. The molecule has 1 unspecified atom stereocenters. The van der Waals surface area contributed by atoms with Crippen LogP contribution in [0.1, 0.15) is 30.9 Å². The number of halogens is 2. The minimum absolute atomic E-state index is 0.0809. The van der Waals surface area contributed by atoms with Crippen LogP contribution >= 0.6 is 11.6 Å². The first-order valence-corrected chi connectivity index (χ1v) is 5.18. The maximum Gasteiger partial charge on any atom is 0.147 e. The van der Waals surface area contributed by atoms with Crippen molar-refractivity contribution in [2.45, 2.75) is 25.4 Å². The third-order valence-corrected chi connectivity index (χ3v) is 2.89. The summed E-state index contributed by atoms with van der Waals surface area (Å²) in [6.45, 7) is 0. The molecule has 2 rings (SSSR count). The molecular formula is C11H12ClFO. The van der Waals surface area contributed by atoms with Crippen molar-refractivity contribution in [1.82, 2.24) is 0 Å². The van der Waals surface area contributed by atoms with Crippen LogP contribution < -0.4 is 0 Å². The Hall–Kier alpha value is -0.600. The number of hydrogen-bond acceptors (Lipinski definition) is 1. The first-order valence-electron chi connectivity index (χ1n) is 4.80. The van der Waals surface area contributed by atoms with E-state index in [9.17, 15) is 9.50 Å². The van der Waals surface area contributed by atoms with Crippen molar-refractivity contribution in [3.8, 4) is 0 Å². The number of hydrogen-bond donors (Lipinski definition) is 1. The summed E-state index contributed by atoms with van der Waals surface area (Å²) in [5.74, 6) is 0.0886. The van der Waals surface area contributed by atoms with Crippen LogP contribution in [-0.4, -0.2) is 5.11 Å². The van der Waals surface area contributed by atoms with Gasteiger partial charge in [0.2, 0.25) is 0 Å². The van der Waals surface area contributed by atoms with E-state index >= 15 is 0 Å². The van der Waals surface area contributed by atoms with Crippen LogP contribution in [-0.2, 0) is 0 Å². The van der Waals surface area contributed by atoms with E-state index in [0.717, 1.165) is 12.8 Å². The van der Waals surface area contributed by atoms with Gasteiger partial charge in [-0.15, -0.1) is 0 Å². The second-order valence-electron chi connectivity index (χ2n) is 3.84. The fourth-order valence-electron chi connectivity index (χ4n) is 1.57. The summed E-state index contributed by atoms with van der Waals surface area (Å²) in [5.41, 5.74) is 0.324. The lowest BCUT2D eigenvalue weighted by atomic mass is 10.0. The molecule has 1 N–H and O–H groups in total. The summed E-state index contributed by atoms with van der Waals surface area (Å²) in [6.07, 6.45) is 2.25. The van der Waals surface area contributed by atoms with E-state index in [2.05, 4.69) is 0 Å². The van der Waals surface area contributed by atoms with E-state index in [0.29, 0.717) is 17.9 Å². The van der Waals surface area contributed by atoms with Crippen molar-refractivity contribution in [3.05, 3.63) is 34.6 Å². The molecule has 76 valence electrons. The first kappa shape index (κ1) is 9.94. The second kappa shape index (κ2) is 3.87. The van der Waals surface area contributed by atoms with E-state index in [1.165, 1.54) is 6.07 Å². The average molecular weight is 215 g/mol. The molecule has 0 bridgehead atoms. The van der Waals surface area contributed by atoms with Gasteiger partial charge in [0.05, 0.1) is 11.1 Å². The Kier molecular flexibility index (Phi) is 2.75. The van der Waals surface area contributed by atoms with Crippen molar-refractivity contribution in [2.75, 3.05) is 0 Å². The largest absolute Gasteiger partial charge is 0.388 e. The number of benzene rings is 1. The van der Waals surface area contributed by atoms with Crippen molar-refractivity contribution < 1.29 is 9.50 Å². The molecule has 1 aliphatic rings. The van der Waals surface area contributed by atoms with Gasteiger partial charge >= 0.3 is 0 Å². The average Bonchev–Trinajstić information content (AvgIpc) is 2.93. The molecule has 0 radical (unpaired) electrons. The molecule has 1 fully saturated rings. The van der Waals surface area contributed by atoms with E-state index in [-0.39, 0.29) is 5.02 Å². The Morgan fingerprint density at radius 1 is 1.50 bits per heavy atom. The topological polar surface area (TPSA) is 20.2 Å². The third kappa shape index (κ3) is 2.07. The van der Waals surface area contributed by atoms with Gasteiger partial charge in [-0.3, -0.25) is 0 Å². The van der Waals surface area contributed by atoms with Crippen molar-refractivity contribution in [2.24, 2.45) is 5.92 Å². The molecule has 1 aromatic carbocycles. The molecule has 0 aliphatic heterocycles. The van der Waals surface area contributed by atoms with E-state index < -0.39 is 11.9 Å². The minimum atomic E-state index is -0.707. The summed E-state index contributed by atoms with van der Waals surface area (Å²) < 4.78 is 13.4. The van der Waals surface area contributed by atoms with Gasteiger partial charge in [0.15, 0.2) is 0 Å². The Morgan fingerprint density at radius 3 is 2.86 bits per heavy atom. The highest BCUT2D eigenvalue weighted by molar-refractivity contribution is 6.30. The van der Waals surface area contributed by atoms with Crippen LogP contribution in [0.4, 0.5) is 4.39 Å². The van der Waals surface area contributed by atoms with Gasteiger partial charge < -0.3 is 5.11 Å². The highest BCUT2D eigenvalue weighted by Gasteiger charge is 2.26. The Morgan fingerprint density at radius 2 is 2.21 bits per heavy atom. The number of aliphatic hydroxyl groups excluding tert-OH is 1. The molecule has 0 aromatic heterocycles. The van der Waals surface area contributed by atoms with E-state index in [4.69, 9.17) is 11.6 Å². The molecule has 1 saturated carbocycles. The van der Waals surface area contributed by atoms with Gasteiger partial charge in [-0.2, -0.15) is 0 Å². The number of rotatable bonds is 3. The Balaban J connectivity index is 2.16. The van der Waals surface area contributed by atoms with Crippen molar-refractivity contribution in [3.63, 3.8) is 0 Å². The lowest BCUT2D eigenvalue weighted by molar-refractivity contribution is 0.156. The number of aliphatic hydroxyl groups is 1. The molecule has 14 heavy (non-hydrogen) atoms. The molecule has 0 amide bonds. The van der Waals surface area contributed by atoms with Crippen LogP contribution in [0.5, 0.6) is 0 Å². The molecule has 3 heteroatoms. The summed E-state index contributed by atoms with van der Waals surface area (Å²) in [6, 6.07) is 4.75. The Bertz CT molecular complexity index is 336. The lowest BCUT2D eigenvalue weighted by Gasteiger charge is -2.11. The molecule has 0 heterocycles. The molecule has 1 atom stereocenters. The quantitative estimate of drug-likeness (QED) is 0.819. The minimum Gasteiger partial charge on any atom is -0.388 e. The van der Waals surface area contributed by atoms with Crippen LogP contribution in [0.25, 0.3) is 0 Å². The van der Waals surface area contributed by atoms with Gasteiger partial charge in [-0.05, 0) is 18.4 Å². The molecule has 1 nitrogen and oxygen atoms in total. The van der Waals surface area contributed by atoms with Gasteiger partial charge in [0.1, 0.15) is 5.82 Å². The highest BCUT2D eigenvalue weighted by Crippen LogP contribution is 2.38. The van der Waals surface area contributed by atoms with Crippen molar-refractivity contribution >= 4 is 11.6 Å². The molecule has 0 saturated heterocycles.